The van der Waals surface area contributed by atoms with Gasteiger partial charge in [-0.15, -0.1) is 0 Å². The molecule has 0 aromatic heterocycles. The zero-order valence-electron chi connectivity index (χ0n) is 13.6. The van der Waals surface area contributed by atoms with Crippen molar-refractivity contribution in [3.63, 3.8) is 0 Å². The second-order valence-corrected chi connectivity index (χ2v) is 6.70. The summed E-state index contributed by atoms with van der Waals surface area (Å²) in [6.45, 7) is 4.11. The van der Waals surface area contributed by atoms with Crippen molar-refractivity contribution in [1.82, 2.24) is 5.32 Å². The third-order valence-corrected chi connectivity index (χ3v) is 4.81. The number of hydrogen-bond donors (Lipinski definition) is 2. The molecular weight excluding hydrogens is 292 g/mol. The van der Waals surface area contributed by atoms with Gasteiger partial charge in [0.2, 0.25) is 5.91 Å². The first kappa shape index (κ1) is 16.9. The van der Waals surface area contributed by atoms with Crippen LogP contribution < -0.4 is 10.6 Å². The lowest BCUT2D eigenvalue weighted by molar-refractivity contribution is -0.120. The van der Waals surface area contributed by atoms with Crippen molar-refractivity contribution in [2.75, 3.05) is 5.32 Å². The summed E-state index contributed by atoms with van der Waals surface area (Å²) in [6.07, 6.45) is 8.10. The summed E-state index contributed by atoms with van der Waals surface area (Å²) in [6, 6.07) is 6.02. The molecule has 0 heterocycles. The largest absolute Gasteiger partial charge is 0.332 e. The molecule has 2 N–H and O–H groups in total. The summed E-state index contributed by atoms with van der Waals surface area (Å²) < 4.78 is 0. The van der Waals surface area contributed by atoms with E-state index in [9.17, 15) is 4.79 Å². The Labute approximate surface area is 138 Å². The van der Waals surface area contributed by atoms with Crippen molar-refractivity contribution >= 4 is 28.9 Å². The maximum atomic E-state index is 12.0. The quantitative estimate of drug-likeness (QED) is 0.804. The molecule has 0 saturated heterocycles. The van der Waals surface area contributed by atoms with E-state index in [0.717, 1.165) is 23.6 Å². The van der Waals surface area contributed by atoms with E-state index in [1.165, 1.54) is 37.7 Å². The molecule has 1 saturated carbocycles. The van der Waals surface area contributed by atoms with Crippen molar-refractivity contribution in [3.05, 3.63) is 29.3 Å². The normalized spacial score (nSPS) is 15.4. The summed E-state index contributed by atoms with van der Waals surface area (Å²) in [5.74, 6) is 0.744. The number of carbonyl (C=O) groups excluding carboxylic acids is 1. The van der Waals surface area contributed by atoms with Gasteiger partial charge in [-0.1, -0.05) is 44.2 Å². The molecule has 4 heteroatoms. The van der Waals surface area contributed by atoms with Crippen molar-refractivity contribution in [2.24, 2.45) is 5.92 Å². The number of anilines is 1. The van der Waals surface area contributed by atoms with Gasteiger partial charge in [-0.25, -0.2) is 0 Å². The van der Waals surface area contributed by atoms with E-state index >= 15 is 0 Å². The van der Waals surface area contributed by atoms with E-state index < -0.39 is 0 Å². The minimum absolute atomic E-state index is 0.0216. The number of carbonyl (C=O) groups is 1. The number of aryl methyl sites for hydroxylation is 1. The second kappa shape index (κ2) is 8.28. The zero-order chi connectivity index (χ0) is 15.9. The zero-order valence-corrected chi connectivity index (χ0v) is 14.4. The second-order valence-electron chi connectivity index (χ2n) is 6.29. The Balaban J connectivity index is 1.76. The van der Waals surface area contributed by atoms with Gasteiger partial charge in [0.05, 0.1) is 0 Å². The Bertz CT molecular complexity index is 536. The van der Waals surface area contributed by atoms with Crippen molar-refractivity contribution in [1.29, 1.82) is 0 Å². The fourth-order valence-corrected chi connectivity index (χ4v) is 3.26. The molecular formula is C18H26N2OS. The lowest BCUT2D eigenvalue weighted by Gasteiger charge is -2.21. The molecule has 120 valence electrons. The highest BCUT2D eigenvalue weighted by atomic mass is 32.1. The third kappa shape index (κ3) is 5.09. The van der Waals surface area contributed by atoms with Gasteiger partial charge in [-0.2, -0.15) is 0 Å². The fourth-order valence-electron chi connectivity index (χ4n) is 3.04. The van der Waals surface area contributed by atoms with Crippen LogP contribution in [-0.4, -0.2) is 11.0 Å². The maximum Gasteiger partial charge on any atom is 0.226 e. The Morgan fingerprint density at radius 1 is 1.23 bits per heavy atom. The van der Waals surface area contributed by atoms with Crippen LogP contribution in [0.5, 0.6) is 0 Å². The molecule has 1 aliphatic carbocycles. The van der Waals surface area contributed by atoms with Gasteiger partial charge in [0.15, 0.2) is 5.11 Å². The minimum atomic E-state index is 0.0216. The molecule has 0 radical (unpaired) electrons. The molecule has 22 heavy (non-hydrogen) atoms. The highest BCUT2D eigenvalue weighted by Crippen LogP contribution is 2.27. The van der Waals surface area contributed by atoms with Crippen LogP contribution in [0.2, 0.25) is 0 Å². The number of amides is 1. The molecule has 3 nitrogen and oxygen atoms in total. The van der Waals surface area contributed by atoms with E-state index in [-0.39, 0.29) is 5.91 Å². The number of rotatable bonds is 4. The molecule has 0 bridgehead atoms. The molecule has 1 amide bonds. The van der Waals surface area contributed by atoms with Crippen LogP contribution >= 0.6 is 12.2 Å². The number of nitrogens with one attached hydrogen (secondary N) is 2. The topological polar surface area (TPSA) is 41.1 Å². The van der Waals surface area contributed by atoms with E-state index in [0.29, 0.717) is 11.5 Å². The Morgan fingerprint density at radius 3 is 2.68 bits per heavy atom. The highest BCUT2D eigenvalue weighted by Gasteiger charge is 2.15. The lowest BCUT2D eigenvalue weighted by Crippen LogP contribution is -2.34. The third-order valence-electron chi connectivity index (χ3n) is 4.61. The van der Waals surface area contributed by atoms with Crippen LogP contribution in [0.15, 0.2) is 18.2 Å². The van der Waals surface area contributed by atoms with Gasteiger partial charge in [0.1, 0.15) is 0 Å². The fraction of sp³-hybridized carbons (Fsp3) is 0.556. The standard InChI is InChI=1S/C18H26N2OS/c1-13-7-6-10-16(14(13)2)19-18(22)20-17(21)12-11-15-8-4-3-5-9-15/h6-7,10,15H,3-5,8-9,11-12H2,1-2H3,(H2,19,20,21,22). The number of thiocarbonyl (C=S) groups is 1. The average molecular weight is 318 g/mol. The van der Waals surface area contributed by atoms with Crippen LogP contribution in [-0.2, 0) is 4.79 Å². The SMILES string of the molecule is Cc1cccc(NC(=S)NC(=O)CCC2CCCCC2)c1C. The highest BCUT2D eigenvalue weighted by molar-refractivity contribution is 7.80. The van der Waals surface area contributed by atoms with Crippen LogP contribution in [0, 0.1) is 19.8 Å². The van der Waals surface area contributed by atoms with Crippen molar-refractivity contribution < 1.29 is 4.79 Å². The van der Waals surface area contributed by atoms with Crippen LogP contribution in [0.1, 0.15) is 56.1 Å². The minimum Gasteiger partial charge on any atom is -0.332 e. The molecule has 0 unspecified atom stereocenters. The average Bonchev–Trinajstić information content (AvgIpc) is 2.51. The Morgan fingerprint density at radius 2 is 1.95 bits per heavy atom. The first-order valence-corrected chi connectivity index (χ1v) is 8.64. The molecule has 0 atom stereocenters. The number of hydrogen-bond acceptors (Lipinski definition) is 2. The van der Waals surface area contributed by atoms with E-state index in [2.05, 4.69) is 23.6 Å². The van der Waals surface area contributed by atoms with Crippen molar-refractivity contribution in [3.8, 4) is 0 Å². The van der Waals surface area contributed by atoms with Crippen molar-refractivity contribution in [2.45, 2.75) is 58.8 Å². The van der Waals surface area contributed by atoms with Gasteiger partial charge < -0.3 is 10.6 Å². The monoisotopic (exact) mass is 318 g/mol. The Hall–Kier alpha value is -1.42. The first-order valence-electron chi connectivity index (χ1n) is 8.23. The molecule has 1 aromatic carbocycles. The Kier molecular flexibility index (Phi) is 6.37. The predicted octanol–water partition coefficient (Wildman–Crippen LogP) is 4.48. The van der Waals surface area contributed by atoms with Gasteiger partial charge in [0.25, 0.3) is 0 Å². The molecule has 1 aliphatic rings. The van der Waals surface area contributed by atoms with Crippen LogP contribution in [0.4, 0.5) is 5.69 Å². The molecule has 2 rings (SSSR count). The molecule has 0 aliphatic heterocycles. The van der Waals surface area contributed by atoms with Crippen LogP contribution in [0.25, 0.3) is 0 Å². The van der Waals surface area contributed by atoms with E-state index in [1.54, 1.807) is 0 Å². The van der Waals surface area contributed by atoms with Crippen LogP contribution in [0.3, 0.4) is 0 Å². The summed E-state index contributed by atoms with van der Waals surface area (Å²) >= 11 is 5.24. The van der Waals surface area contributed by atoms with Gasteiger partial charge in [-0.3, -0.25) is 4.79 Å². The summed E-state index contributed by atoms with van der Waals surface area (Å²) in [5.41, 5.74) is 3.32. The molecule has 1 aromatic rings. The van der Waals surface area contributed by atoms with Gasteiger partial charge in [0, 0.05) is 12.1 Å². The summed E-state index contributed by atoms with van der Waals surface area (Å²) in [4.78, 5) is 12.0. The smallest absolute Gasteiger partial charge is 0.226 e. The first-order chi connectivity index (χ1) is 10.6. The van der Waals surface area contributed by atoms with E-state index in [4.69, 9.17) is 12.2 Å². The van der Waals surface area contributed by atoms with Gasteiger partial charge >= 0.3 is 0 Å². The maximum absolute atomic E-state index is 12.0. The molecule has 1 fully saturated rings. The predicted molar refractivity (Wildman–Crippen MR) is 96.1 cm³/mol. The van der Waals surface area contributed by atoms with E-state index in [1.807, 2.05) is 19.1 Å². The lowest BCUT2D eigenvalue weighted by atomic mass is 9.86. The van der Waals surface area contributed by atoms with Gasteiger partial charge in [-0.05, 0) is 55.6 Å². The summed E-state index contributed by atoms with van der Waals surface area (Å²) in [7, 11) is 0. The number of benzene rings is 1. The molecule has 0 spiro atoms. The summed E-state index contributed by atoms with van der Waals surface area (Å²) in [5, 5.41) is 6.31.